The Morgan fingerprint density at radius 3 is 2.55 bits per heavy atom. The number of benzene rings is 2. The van der Waals surface area contributed by atoms with E-state index in [1.54, 1.807) is 37.3 Å². The van der Waals surface area contributed by atoms with E-state index >= 15 is 0 Å². The first-order chi connectivity index (χ1) is 14.7. The van der Waals surface area contributed by atoms with Gasteiger partial charge >= 0.3 is 0 Å². The molecule has 0 unspecified atom stereocenters. The molecule has 0 aliphatic carbocycles. The lowest BCUT2D eigenvalue weighted by Gasteiger charge is -2.14. The lowest BCUT2D eigenvalue weighted by Crippen LogP contribution is -2.16. The van der Waals surface area contributed by atoms with Crippen molar-refractivity contribution in [3.05, 3.63) is 73.9 Å². The normalized spacial score (nSPS) is 11.8. The van der Waals surface area contributed by atoms with Gasteiger partial charge in [-0.3, -0.25) is 20.3 Å². The van der Waals surface area contributed by atoms with Crippen molar-refractivity contribution in [1.29, 1.82) is 0 Å². The molecule has 0 atom stereocenters. The van der Waals surface area contributed by atoms with Gasteiger partial charge in [-0.1, -0.05) is 23.7 Å². The molecule has 3 rings (SSSR count). The van der Waals surface area contributed by atoms with Crippen LogP contribution in [-0.2, 0) is 10.0 Å². The van der Waals surface area contributed by atoms with E-state index in [4.69, 9.17) is 16.3 Å². The summed E-state index contributed by atoms with van der Waals surface area (Å²) in [6.45, 7) is 1.72. The number of sulfonamides is 1. The number of nitrogens with zero attached hydrogens (tertiary/aromatic N) is 2. The van der Waals surface area contributed by atoms with Gasteiger partial charge in [0.05, 0.1) is 38.3 Å². The average molecular weight is 481 g/mol. The Morgan fingerprint density at radius 1 is 1.16 bits per heavy atom. The van der Waals surface area contributed by atoms with Crippen molar-refractivity contribution in [3.8, 4) is 5.75 Å². The van der Waals surface area contributed by atoms with Crippen molar-refractivity contribution < 1.29 is 18.1 Å². The molecule has 1 heterocycles. The maximum absolute atomic E-state index is 13.1. The highest BCUT2D eigenvalue weighted by Crippen LogP contribution is 2.31. The second kappa shape index (κ2) is 9.33. The molecule has 0 radical (unpaired) electrons. The molecule has 3 aromatic rings. The maximum atomic E-state index is 13.1. The van der Waals surface area contributed by atoms with Crippen molar-refractivity contribution in [2.75, 3.05) is 17.3 Å². The second-order valence-corrected chi connectivity index (χ2v) is 9.52. The van der Waals surface area contributed by atoms with Crippen LogP contribution in [0.25, 0.3) is 0 Å². The van der Waals surface area contributed by atoms with Crippen molar-refractivity contribution in [1.82, 2.24) is 0 Å². The summed E-state index contributed by atoms with van der Waals surface area (Å²) >= 11 is 7.25. The number of ether oxygens (including phenoxy) is 1. The third-order valence-electron chi connectivity index (χ3n) is 4.09. The number of nitro groups is 1. The number of non-ortho nitro benzene ring substituents is 1. The first-order valence-corrected chi connectivity index (χ1v) is 11.4. The maximum Gasteiger partial charge on any atom is 0.270 e. The molecule has 0 fully saturated rings. The fraction of sp³-hybridized carbons (Fsp3) is 0.105. The second-order valence-electron chi connectivity index (χ2n) is 6.16. The fourth-order valence-electron chi connectivity index (χ4n) is 2.58. The van der Waals surface area contributed by atoms with Crippen molar-refractivity contribution >= 4 is 55.7 Å². The van der Waals surface area contributed by atoms with Crippen LogP contribution < -0.4 is 14.9 Å². The van der Waals surface area contributed by atoms with Gasteiger partial charge in [0.15, 0.2) is 0 Å². The molecule has 0 spiro atoms. The molecule has 9 nitrogen and oxygen atoms in total. The Balaban J connectivity index is 2.00. The fourth-order valence-corrected chi connectivity index (χ4v) is 4.81. The average Bonchev–Trinajstić information content (AvgIpc) is 3.18. The number of nitrogens with one attached hydrogen (secondary N) is 2. The summed E-state index contributed by atoms with van der Waals surface area (Å²) in [4.78, 5) is 11.0. The molecular weight excluding hydrogens is 464 g/mol. The third kappa shape index (κ3) is 5.32. The predicted molar refractivity (Wildman–Crippen MR) is 122 cm³/mol. The van der Waals surface area contributed by atoms with E-state index in [0.29, 0.717) is 15.8 Å². The number of para-hydroxylation sites is 2. The molecule has 0 aliphatic heterocycles. The molecule has 1 aromatic heterocycles. The third-order valence-corrected chi connectivity index (χ3v) is 6.84. The summed E-state index contributed by atoms with van der Waals surface area (Å²) in [6.07, 6.45) is 0. The van der Waals surface area contributed by atoms with Crippen LogP contribution in [0.15, 0.2) is 64.6 Å². The van der Waals surface area contributed by atoms with E-state index in [1.165, 1.54) is 36.6 Å². The van der Waals surface area contributed by atoms with Gasteiger partial charge in [0.2, 0.25) is 0 Å². The summed E-state index contributed by atoms with van der Waals surface area (Å²) in [5.74, 6) is 0.300. The quantitative estimate of drug-likeness (QED) is 0.267. The first-order valence-electron chi connectivity index (χ1n) is 8.71. The van der Waals surface area contributed by atoms with Crippen LogP contribution in [0.2, 0.25) is 4.34 Å². The van der Waals surface area contributed by atoms with E-state index < -0.39 is 14.9 Å². The topological polar surface area (TPSA) is 123 Å². The largest absolute Gasteiger partial charge is 0.495 e. The lowest BCUT2D eigenvalue weighted by molar-refractivity contribution is -0.385. The molecule has 0 aliphatic rings. The van der Waals surface area contributed by atoms with Crippen LogP contribution in [0.5, 0.6) is 5.75 Å². The zero-order valence-electron chi connectivity index (χ0n) is 16.3. The SMILES string of the molecule is COc1ccccc1NS(=O)(=O)c1cc([N+](=O)[O-])ccc1NN=C(C)c1ccc(Cl)s1. The smallest absolute Gasteiger partial charge is 0.270 e. The van der Waals surface area contributed by atoms with Crippen LogP contribution in [-0.4, -0.2) is 26.2 Å². The Morgan fingerprint density at radius 2 is 1.90 bits per heavy atom. The number of methoxy groups -OCH3 is 1. The molecule has 2 aromatic carbocycles. The summed E-state index contributed by atoms with van der Waals surface area (Å²) in [5, 5.41) is 15.4. The molecule has 162 valence electrons. The van der Waals surface area contributed by atoms with E-state index in [2.05, 4.69) is 15.2 Å². The van der Waals surface area contributed by atoms with Crippen molar-refractivity contribution in [2.45, 2.75) is 11.8 Å². The first kappa shape index (κ1) is 22.5. The Bertz CT molecular complexity index is 1260. The van der Waals surface area contributed by atoms with Crippen LogP contribution in [0.4, 0.5) is 17.1 Å². The van der Waals surface area contributed by atoms with Gasteiger partial charge in [-0.25, -0.2) is 8.42 Å². The summed E-state index contributed by atoms with van der Waals surface area (Å²) in [6, 6.07) is 13.4. The van der Waals surface area contributed by atoms with Gasteiger partial charge in [0.1, 0.15) is 10.6 Å². The highest BCUT2D eigenvalue weighted by atomic mass is 35.5. The van der Waals surface area contributed by atoms with Gasteiger partial charge in [-0.15, -0.1) is 11.3 Å². The number of hydrazone groups is 1. The minimum absolute atomic E-state index is 0.0648. The summed E-state index contributed by atoms with van der Waals surface area (Å²) in [5.41, 5.74) is 3.13. The molecule has 0 bridgehead atoms. The minimum atomic E-state index is -4.23. The summed E-state index contributed by atoms with van der Waals surface area (Å²) in [7, 11) is -2.82. The molecule has 31 heavy (non-hydrogen) atoms. The zero-order valence-corrected chi connectivity index (χ0v) is 18.7. The molecule has 2 N–H and O–H groups in total. The Labute approximate surface area is 187 Å². The number of thiophene rings is 1. The van der Waals surface area contributed by atoms with Crippen molar-refractivity contribution in [2.24, 2.45) is 5.10 Å². The molecule has 12 heteroatoms. The molecule has 0 saturated heterocycles. The van der Waals surface area contributed by atoms with E-state index in [9.17, 15) is 18.5 Å². The van der Waals surface area contributed by atoms with E-state index in [0.717, 1.165) is 10.9 Å². The van der Waals surface area contributed by atoms with Gasteiger partial charge in [0.25, 0.3) is 15.7 Å². The number of halogens is 1. The lowest BCUT2D eigenvalue weighted by atomic mass is 10.3. The number of hydrogen-bond acceptors (Lipinski definition) is 8. The minimum Gasteiger partial charge on any atom is -0.495 e. The number of nitro benzene ring substituents is 1. The summed E-state index contributed by atoms with van der Waals surface area (Å²) < 4.78 is 34.3. The van der Waals surface area contributed by atoms with E-state index in [-0.39, 0.29) is 22.0 Å². The van der Waals surface area contributed by atoms with Gasteiger partial charge in [0, 0.05) is 12.1 Å². The van der Waals surface area contributed by atoms with Gasteiger partial charge in [-0.2, -0.15) is 5.10 Å². The predicted octanol–water partition coefficient (Wildman–Crippen LogP) is 4.96. The number of rotatable bonds is 8. The van der Waals surface area contributed by atoms with E-state index in [1.807, 2.05) is 0 Å². The molecular formula is C19H17ClN4O5S2. The highest BCUT2D eigenvalue weighted by Gasteiger charge is 2.24. The van der Waals surface area contributed by atoms with Gasteiger partial charge < -0.3 is 4.74 Å². The van der Waals surface area contributed by atoms with Crippen LogP contribution >= 0.6 is 22.9 Å². The number of anilines is 2. The van der Waals surface area contributed by atoms with Crippen LogP contribution in [0, 0.1) is 10.1 Å². The Hall–Kier alpha value is -3.15. The standard InChI is InChI=1S/C19H17ClN4O5S2/c1-12(17-9-10-19(20)30-17)21-22-15-8-7-13(24(25)26)11-18(15)31(27,28)23-14-5-3-4-6-16(14)29-2/h3-11,22-23H,1-2H3. The molecule has 0 amide bonds. The van der Waals surface area contributed by atoms with Crippen LogP contribution in [0.1, 0.15) is 11.8 Å². The Kier molecular flexibility index (Phi) is 6.78. The molecule has 0 saturated carbocycles. The van der Waals surface area contributed by atoms with Crippen molar-refractivity contribution in [3.63, 3.8) is 0 Å². The van der Waals surface area contributed by atoms with Crippen LogP contribution in [0.3, 0.4) is 0 Å². The number of hydrogen-bond donors (Lipinski definition) is 2. The van der Waals surface area contributed by atoms with Gasteiger partial charge in [-0.05, 0) is 37.3 Å². The highest BCUT2D eigenvalue weighted by molar-refractivity contribution is 7.93. The zero-order chi connectivity index (χ0) is 22.6. The monoisotopic (exact) mass is 480 g/mol.